The number of nitrogens with one attached hydrogen (secondary N) is 2. The Labute approximate surface area is 192 Å². The van der Waals surface area contributed by atoms with Gasteiger partial charge in [-0.25, -0.2) is 0 Å². The number of carbonyl (C=O) groups is 2. The highest BCUT2D eigenvalue weighted by Gasteiger charge is 2.51. The zero-order valence-corrected chi connectivity index (χ0v) is 18.6. The molecule has 3 aromatic rings. The maximum absolute atomic E-state index is 13.3. The summed E-state index contributed by atoms with van der Waals surface area (Å²) >= 11 is 0. The lowest BCUT2D eigenvalue weighted by Crippen LogP contribution is -2.27. The van der Waals surface area contributed by atoms with Crippen LogP contribution in [0.4, 0.5) is 5.69 Å². The molecule has 2 N–H and O–H groups in total. The molecule has 1 fully saturated rings. The van der Waals surface area contributed by atoms with Crippen LogP contribution in [0.1, 0.15) is 54.1 Å². The van der Waals surface area contributed by atoms with Crippen molar-refractivity contribution in [3.63, 3.8) is 0 Å². The first-order chi connectivity index (χ1) is 15.9. The number of ether oxygens (including phenoxy) is 2. The second kappa shape index (κ2) is 7.96. The van der Waals surface area contributed by atoms with Crippen LogP contribution in [0, 0.1) is 0 Å². The molecule has 0 aromatic heterocycles. The molecule has 0 spiro atoms. The molecule has 1 aliphatic carbocycles. The Morgan fingerprint density at radius 2 is 1.67 bits per heavy atom. The number of anilines is 1. The first kappa shape index (κ1) is 21.1. The summed E-state index contributed by atoms with van der Waals surface area (Å²) in [5.74, 6) is 0.946. The zero-order chi connectivity index (χ0) is 23.2. The van der Waals surface area contributed by atoms with E-state index in [0.29, 0.717) is 17.1 Å². The molecule has 1 aliphatic heterocycles. The smallest absolute Gasteiger partial charge is 0.269 e. The van der Waals surface area contributed by atoms with Crippen LogP contribution in [-0.2, 0) is 10.2 Å². The SMILES string of the molecule is CC(C)c1ccc(NC(=O)C2(c3ccc4c(c3)OCO4)CC2)cc1-c1ccc(C([NH])=O)cc1. The van der Waals surface area contributed by atoms with Gasteiger partial charge in [0.2, 0.25) is 12.7 Å². The Hall–Kier alpha value is -3.80. The number of carbonyl (C=O) groups excluding carboxylic acids is 2. The van der Waals surface area contributed by atoms with Gasteiger partial charge < -0.3 is 14.8 Å². The van der Waals surface area contributed by atoms with Crippen molar-refractivity contribution in [2.45, 2.75) is 38.0 Å². The van der Waals surface area contributed by atoms with Crippen LogP contribution in [0.3, 0.4) is 0 Å². The second-order valence-electron chi connectivity index (χ2n) is 8.97. The monoisotopic (exact) mass is 441 g/mol. The molecule has 33 heavy (non-hydrogen) atoms. The third kappa shape index (κ3) is 3.82. The number of benzene rings is 3. The summed E-state index contributed by atoms with van der Waals surface area (Å²) in [4.78, 5) is 24.7. The van der Waals surface area contributed by atoms with Gasteiger partial charge in [-0.05, 0) is 77.4 Å². The van der Waals surface area contributed by atoms with E-state index in [9.17, 15) is 9.59 Å². The Kier molecular flexibility index (Phi) is 5.08. The van der Waals surface area contributed by atoms with Gasteiger partial charge in [-0.15, -0.1) is 0 Å². The molecule has 0 unspecified atom stereocenters. The van der Waals surface area contributed by atoms with E-state index in [2.05, 4.69) is 19.2 Å². The maximum atomic E-state index is 13.3. The largest absolute Gasteiger partial charge is 0.454 e. The molecule has 167 valence electrons. The van der Waals surface area contributed by atoms with Gasteiger partial charge in [0, 0.05) is 11.3 Å². The fraction of sp³-hybridized carbons (Fsp3) is 0.259. The van der Waals surface area contributed by atoms with E-state index < -0.39 is 11.3 Å². The standard InChI is InChI=1S/C27H25N2O4/c1-16(2)21-9-8-20(14-22(21)17-3-5-18(6-4-17)25(28)30)29-26(31)27(11-12-27)19-7-10-23-24(13-19)33-15-32-23/h3-10,13-14,16,28H,11-12,15H2,1-2H3,(H,29,31). The van der Waals surface area contributed by atoms with E-state index >= 15 is 0 Å². The van der Waals surface area contributed by atoms with Crippen molar-refractivity contribution in [1.29, 1.82) is 0 Å². The summed E-state index contributed by atoms with van der Waals surface area (Å²) in [6, 6.07) is 18.7. The predicted molar refractivity (Wildman–Crippen MR) is 126 cm³/mol. The van der Waals surface area contributed by atoms with Gasteiger partial charge in [0.25, 0.3) is 5.91 Å². The third-order valence-electron chi connectivity index (χ3n) is 6.50. The molecule has 0 atom stereocenters. The van der Waals surface area contributed by atoms with Gasteiger partial charge in [-0.1, -0.05) is 38.1 Å². The summed E-state index contributed by atoms with van der Waals surface area (Å²) in [7, 11) is 0. The highest BCUT2D eigenvalue weighted by molar-refractivity contribution is 6.02. The minimum absolute atomic E-state index is 0.0280. The van der Waals surface area contributed by atoms with Crippen molar-refractivity contribution in [2.24, 2.45) is 0 Å². The lowest BCUT2D eigenvalue weighted by atomic mass is 9.91. The van der Waals surface area contributed by atoms with Crippen LogP contribution in [0.5, 0.6) is 11.5 Å². The molecule has 1 saturated carbocycles. The van der Waals surface area contributed by atoms with Crippen molar-refractivity contribution in [3.8, 4) is 22.6 Å². The number of amides is 2. The summed E-state index contributed by atoms with van der Waals surface area (Å²) in [5, 5.41) is 3.12. The summed E-state index contributed by atoms with van der Waals surface area (Å²) < 4.78 is 10.9. The van der Waals surface area contributed by atoms with Gasteiger partial charge >= 0.3 is 0 Å². The second-order valence-corrected chi connectivity index (χ2v) is 8.97. The molecule has 5 rings (SSSR count). The van der Waals surface area contributed by atoms with Crippen LogP contribution >= 0.6 is 0 Å². The van der Waals surface area contributed by atoms with E-state index in [4.69, 9.17) is 15.2 Å². The maximum Gasteiger partial charge on any atom is 0.269 e. The van der Waals surface area contributed by atoms with Crippen molar-refractivity contribution < 1.29 is 19.1 Å². The molecule has 3 aromatic carbocycles. The fourth-order valence-corrected chi connectivity index (χ4v) is 4.41. The number of rotatable bonds is 6. The van der Waals surface area contributed by atoms with Crippen molar-refractivity contribution in [1.82, 2.24) is 5.73 Å². The van der Waals surface area contributed by atoms with Crippen LogP contribution in [-0.4, -0.2) is 18.6 Å². The van der Waals surface area contributed by atoms with Crippen molar-refractivity contribution in [3.05, 3.63) is 77.4 Å². The molecule has 0 saturated heterocycles. The molecule has 6 heteroatoms. The van der Waals surface area contributed by atoms with Crippen molar-refractivity contribution >= 4 is 17.5 Å². The van der Waals surface area contributed by atoms with E-state index in [0.717, 1.165) is 40.8 Å². The first-order valence-corrected chi connectivity index (χ1v) is 11.1. The minimum atomic E-state index is -0.704. The number of fused-ring (bicyclic) bond motifs is 1. The summed E-state index contributed by atoms with van der Waals surface area (Å²) in [6.45, 7) is 4.45. The topological polar surface area (TPSA) is 88.4 Å². The van der Waals surface area contributed by atoms with Crippen LogP contribution in [0.15, 0.2) is 60.7 Å². The average Bonchev–Trinajstić information content (AvgIpc) is 3.50. The number of hydrogen-bond acceptors (Lipinski definition) is 4. The van der Waals surface area contributed by atoms with Crippen molar-refractivity contribution in [2.75, 3.05) is 12.1 Å². The Morgan fingerprint density at radius 3 is 2.33 bits per heavy atom. The molecule has 2 aliphatic rings. The quantitative estimate of drug-likeness (QED) is 0.562. The normalized spacial score (nSPS) is 15.4. The predicted octanol–water partition coefficient (Wildman–Crippen LogP) is 5.30. The van der Waals surface area contributed by atoms with E-state index in [-0.39, 0.29) is 18.6 Å². The molecule has 0 bridgehead atoms. The van der Waals surface area contributed by atoms with E-state index in [1.807, 2.05) is 48.5 Å². The highest BCUT2D eigenvalue weighted by Crippen LogP contribution is 2.51. The van der Waals surface area contributed by atoms with Gasteiger partial charge in [-0.3, -0.25) is 15.3 Å². The molecule has 1 radical (unpaired) electrons. The minimum Gasteiger partial charge on any atom is -0.454 e. The molecule has 2 amide bonds. The molecule has 1 heterocycles. The molecular formula is C27H25N2O4. The Morgan fingerprint density at radius 1 is 0.939 bits per heavy atom. The lowest BCUT2D eigenvalue weighted by molar-refractivity contribution is -0.118. The van der Waals surface area contributed by atoms with Crippen LogP contribution in [0.2, 0.25) is 0 Å². The van der Waals surface area contributed by atoms with Gasteiger partial charge in [0.1, 0.15) is 0 Å². The van der Waals surface area contributed by atoms with Gasteiger partial charge in [0.15, 0.2) is 11.5 Å². The average molecular weight is 442 g/mol. The fourth-order valence-electron chi connectivity index (χ4n) is 4.41. The molecule has 6 nitrogen and oxygen atoms in total. The Bertz CT molecular complexity index is 1240. The Balaban J connectivity index is 1.43. The summed E-state index contributed by atoms with van der Waals surface area (Å²) in [5.41, 5.74) is 11.9. The number of hydrogen-bond donors (Lipinski definition) is 1. The van der Waals surface area contributed by atoms with Crippen LogP contribution < -0.4 is 20.5 Å². The van der Waals surface area contributed by atoms with E-state index in [1.54, 1.807) is 12.1 Å². The third-order valence-corrected chi connectivity index (χ3v) is 6.50. The first-order valence-electron chi connectivity index (χ1n) is 11.1. The summed E-state index contributed by atoms with van der Waals surface area (Å²) in [6.07, 6.45) is 1.58. The lowest BCUT2D eigenvalue weighted by Gasteiger charge is -2.19. The van der Waals surface area contributed by atoms with E-state index in [1.165, 1.54) is 0 Å². The highest BCUT2D eigenvalue weighted by atomic mass is 16.7. The van der Waals surface area contributed by atoms with Crippen LogP contribution in [0.25, 0.3) is 11.1 Å². The van der Waals surface area contributed by atoms with Gasteiger partial charge in [0.05, 0.1) is 5.41 Å². The van der Waals surface area contributed by atoms with Gasteiger partial charge in [-0.2, -0.15) is 0 Å². The molecular weight excluding hydrogens is 416 g/mol. The zero-order valence-electron chi connectivity index (χ0n) is 18.6.